The Hall–Kier alpha value is -2.02. The lowest BCUT2D eigenvalue weighted by Crippen LogP contribution is -2.52. The maximum atomic E-state index is 12.3. The molecule has 0 aliphatic rings. The number of carbonyl (C=O) groups is 1. The molecule has 1 amide bonds. The van der Waals surface area contributed by atoms with E-state index in [9.17, 15) is 4.79 Å². The van der Waals surface area contributed by atoms with E-state index in [1.807, 2.05) is 0 Å². The summed E-state index contributed by atoms with van der Waals surface area (Å²) in [6.45, 7) is 3.45. The van der Waals surface area contributed by atoms with Crippen molar-refractivity contribution in [3.05, 3.63) is 17.7 Å². The Kier molecular flexibility index (Phi) is 5.37. The van der Waals surface area contributed by atoms with Crippen molar-refractivity contribution in [3.8, 4) is 17.2 Å². The summed E-state index contributed by atoms with van der Waals surface area (Å²) in [5, 5.41) is 2.76. The van der Waals surface area contributed by atoms with Gasteiger partial charge < -0.3 is 25.3 Å². The summed E-state index contributed by atoms with van der Waals surface area (Å²) in [6, 6.07) is 3.12. The minimum absolute atomic E-state index is 0.197. The molecule has 1 rings (SSSR count). The van der Waals surface area contributed by atoms with Crippen molar-refractivity contribution < 1.29 is 19.0 Å². The van der Waals surface area contributed by atoms with Gasteiger partial charge in [-0.05, 0) is 26.0 Å². The van der Waals surface area contributed by atoms with Crippen LogP contribution in [-0.2, 0) is 0 Å². The molecule has 0 atom stereocenters. The molecule has 1 aromatic carbocycles. The van der Waals surface area contributed by atoms with Crippen molar-refractivity contribution in [1.82, 2.24) is 5.32 Å². The predicted molar refractivity (Wildman–Crippen MR) is 84.4 cm³/mol. The molecule has 0 aliphatic carbocycles. The second-order valence-corrected chi connectivity index (χ2v) is 5.30. The monoisotopic (exact) mass is 312 g/mol. The first-order chi connectivity index (χ1) is 9.76. The summed E-state index contributed by atoms with van der Waals surface area (Å²) in [5.41, 5.74) is 5.16. The number of methoxy groups -OCH3 is 3. The highest BCUT2D eigenvalue weighted by molar-refractivity contribution is 7.80. The Labute approximate surface area is 129 Å². The predicted octanol–water partition coefficient (Wildman–Crippen LogP) is 1.51. The highest BCUT2D eigenvalue weighted by atomic mass is 32.1. The van der Waals surface area contributed by atoms with E-state index < -0.39 is 5.54 Å². The second-order valence-electron chi connectivity index (χ2n) is 4.86. The molecule has 0 radical (unpaired) electrons. The number of hydrogen-bond acceptors (Lipinski definition) is 5. The molecule has 116 valence electrons. The molecule has 0 spiro atoms. The molecular formula is C14H20N2O4S. The maximum Gasteiger partial charge on any atom is 0.252 e. The highest BCUT2D eigenvalue weighted by Crippen LogP contribution is 2.38. The third kappa shape index (κ3) is 3.75. The molecule has 7 heteroatoms. The van der Waals surface area contributed by atoms with E-state index in [2.05, 4.69) is 5.32 Å². The van der Waals surface area contributed by atoms with Crippen LogP contribution in [0.5, 0.6) is 17.2 Å². The zero-order valence-corrected chi connectivity index (χ0v) is 13.6. The zero-order chi connectivity index (χ0) is 16.2. The topological polar surface area (TPSA) is 82.8 Å². The lowest BCUT2D eigenvalue weighted by Gasteiger charge is -2.25. The van der Waals surface area contributed by atoms with Crippen LogP contribution in [0.3, 0.4) is 0 Å². The Bertz CT molecular complexity index is 533. The molecule has 21 heavy (non-hydrogen) atoms. The molecule has 6 nitrogen and oxygen atoms in total. The van der Waals surface area contributed by atoms with Crippen molar-refractivity contribution in [2.24, 2.45) is 5.73 Å². The van der Waals surface area contributed by atoms with Crippen molar-refractivity contribution in [2.75, 3.05) is 21.3 Å². The summed E-state index contributed by atoms with van der Waals surface area (Å²) < 4.78 is 15.6. The third-order valence-corrected chi connectivity index (χ3v) is 3.48. The van der Waals surface area contributed by atoms with Gasteiger partial charge in [-0.15, -0.1) is 0 Å². The number of nitrogens with two attached hydrogens (primary N) is 1. The normalized spacial score (nSPS) is 10.7. The quantitative estimate of drug-likeness (QED) is 0.775. The van der Waals surface area contributed by atoms with Gasteiger partial charge in [0.1, 0.15) is 0 Å². The van der Waals surface area contributed by atoms with Crippen molar-refractivity contribution in [2.45, 2.75) is 19.4 Å². The van der Waals surface area contributed by atoms with Gasteiger partial charge in [0.2, 0.25) is 5.75 Å². The van der Waals surface area contributed by atoms with E-state index >= 15 is 0 Å². The number of benzene rings is 1. The van der Waals surface area contributed by atoms with Crippen LogP contribution < -0.4 is 25.3 Å². The van der Waals surface area contributed by atoms with Crippen molar-refractivity contribution in [3.63, 3.8) is 0 Å². The molecule has 0 aliphatic heterocycles. The molecule has 0 aromatic heterocycles. The standard InChI is InChI=1S/C14H20N2O4S/c1-14(2,13(15)21)16-12(17)8-6-9(18-3)11(20-5)10(7-8)19-4/h6-7H,1-5H3,(H2,15,21)(H,16,17). The van der Waals surface area contributed by atoms with Gasteiger partial charge >= 0.3 is 0 Å². The minimum Gasteiger partial charge on any atom is -0.493 e. The fraction of sp³-hybridized carbons (Fsp3) is 0.429. The molecule has 0 bridgehead atoms. The molecular weight excluding hydrogens is 292 g/mol. The van der Waals surface area contributed by atoms with Gasteiger partial charge in [0, 0.05) is 5.56 Å². The van der Waals surface area contributed by atoms with Gasteiger partial charge in [-0.2, -0.15) is 0 Å². The Balaban J connectivity index is 3.19. The Morgan fingerprint density at radius 1 is 1.14 bits per heavy atom. The molecule has 0 unspecified atom stereocenters. The number of nitrogens with one attached hydrogen (secondary N) is 1. The van der Waals surface area contributed by atoms with E-state index in [0.29, 0.717) is 22.8 Å². The maximum absolute atomic E-state index is 12.3. The summed E-state index contributed by atoms with van der Waals surface area (Å²) in [6.07, 6.45) is 0. The highest BCUT2D eigenvalue weighted by Gasteiger charge is 2.25. The average Bonchev–Trinajstić information content (AvgIpc) is 2.44. The van der Waals surface area contributed by atoms with Gasteiger partial charge in [0.15, 0.2) is 11.5 Å². The molecule has 0 saturated carbocycles. The summed E-state index contributed by atoms with van der Waals surface area (Å²) in [7, 11) is 4.46. The molecule has 0 heterocycles. The average molecular weight is 312 g/mol. The van der Waals surface area contributed by atoms with Gasteiger partial charge in [0.25, 0.3) is 5.91 Å². The SMILES string of the molecule is COc1cc(C(=O)NC(C)(C)C(N)=S)cc(OC)c1OC. The first kappa shape index (κ1) is 17.0. The van der Waals surface area contributed by atoms with Gasteiger partial charge in [0.05, 0.1) is 31.9 Å². The zero-order valence-electron chi connectivity index (χ0n) is 12.8. The number of hydrogen-bond donors (Lipinski definition) is 2. The number of carbonyl (C=O) groups excluding carboxylic acids is 1. The summed E-state index contributed by atoms with van der Waals surface area (Å²) >= 11 is 4.93. The van der Waals surface area contributed by atoms with Crippen LogP contribution in [0.1, 0.15) is 24.2 Å². The van der Waals surface area contributed by atoms with Crippen LogP contribution in [0.25, 0.3) is 0 Å². The van der Waals surface area contributed by atoms with E-state index in [0.717, 1.165) is 0 Å². The number of ether oxygens (including phenoxy) is 3. The van der Waals surface area contributed by atoms with E-state index in [1.165, 1.54) is 21.3 Å². The van der Waals surface area contributed by atoms with Gasteiger partial charge in [-0.1, -0.05) is 12.2 Å². The summed E-state index contributed by atoms with van der Waals surface area (Å²) in [5.74, 6) is 0.877. The van der Waals surface area contributed by atoms with Crippen molar-refractivity contribution in [1.29, 1.82) is 0 Å². The minimum atomic E-state index is -0.799. The van der Waals surface area contributed by atoms with Crippen LogP contribution in [0, 0.1) is 0 Å². The largest absolute Gasteiger partial charge is 0.493 e. The Morgan fingerprint density at radius 2 is 1.62 bits per heavy atom. The Morgan fingerprint density at radius 3 is 1.95 bits per heavy atom. The fourth-order valence-electron chi connectivity index (χ4n) is 1.63. The van der Waals surface area contributed by atoms with Crippen molar-refractivity contribution >= 4 is 23.1 Å². The van der Waals surface area contributed by atoms with Crippen LogP contribution in [0.2, 0.25) is 0 Å². The number of thiocarbonyl (C=S) groups is 1. The second kappa shape index (κ2) is 6.62. The molecule has 0 saturated heterocycles. The van der Waals surface area contributed by atoms with Crippen LogP contribution in [0.4, 0.5) is 0 Å². The van der Waals surface area contributed by atoms with Crippen LogP contribution >= 0.6 is 12.2 Å². The van der Waals surface area contributed by atoms with Crippen LogP contribution in [0.15, 0.2) is 12.1 Å². The molecule has 0 fully saturated rings. The van der Waals surface area contributed by atoms with E-state index in [-0.39, 0.29) is 10.9 Å². The smallest absolute Gasteiger partial charge is 0.252 e. The lowest BCUT2D eigenvalue weighted by molar-refractivity contribution is 0.0931. The lowest BCUT2D eigenvalue weighted by atomic mass is 10.0. The number of amides is 1. The van der Waals surface area contributed by atoms with E-state index in [1.54, 1.807) is 26.0 Å². The summed E-state index contributed by atoms with van der Waals surface area (Å²) in [4.78, 5) is 12.5. The number of rotatable bonds is 6. The third-order valence-electron chi connectivity index (χ3n) is 2.97. The van der Waals surface area contributed by atoms with Gasteiger partial charge in [-0.3, -0.25) is 4.79 Å². The van der Waals surface area contributed by atoms with Gasteiger partial charge in [-0.25, -0.2) is 0 Å². The van der Waals surface area contributed by atoms with E-state index in [4.69, 9.17) is 32.2 Å². The molecule has 1 aromatic rings. The fourth-order valence-corrected chi connectivity index (χ4v) is 1.68. The first-order valence-corrected chi connectivity index (χ1v) is 6.60. The first-order valence-electron chi connectivity index (χ1n) is 6.19. The van der Waals surface area contributed by atoms with Crippen LogP contribution in [-0.4, -0.2) is 37.8 Å². The molecule has 3 N–H and O–H groups in total.